The van der Waals surface area contributed by atoms with Crippen LogP contribution in [-0.4, -0.2) is 38.0 Å². The Kier molecular flexibility index (Phi) is 11.0. The molecule has 0 aliphatic rings. The maximum Gasteiger partial charge on any atom is 0.347 e. The molecular weight excluding hydrogens is 424 g/mol. The van der Waals surface area contributed by atoms with Crippen molar-refractivity contribution in [3.8, 4) is 17.2 Å². The maximum absolute atomic E-state index is 12.6. The zero-order chi connectivity index (χ0) is 23.9. The van der Waals surface area contributed by atoms with Gasteiger partial charge in [-0.05, 0) is 74.6 Å². The van der Waals surface area contributed by atoms with Gasteiger partial charge in [-0.1, -0.05) is 12.6 Å². The van der Waals surface area contributed by atoms with E-state index in [9.17, 15) is 9.59 Å². The second-order valence-electron chi connectivity index (χ2n) is 6.96. The first-order valence-electron chi connectivity index (χ1n) is 10.8. The van der Waals surface area contributed by atoms with Crippen LogP contribution >= 0.6 is 0 Å². The molecule has 0 spiro atoms. The molecular formula is C25H30N2O6. The fraction of sp³-hybridized carbons (Fsp3) is 0.320. The average Bonchev–Trinajstić information content (AvgIpc) is 2.82. The van der Waals surface area contributed by atoms with E-state index in [-0.39, 0.29) is 0 Å². The highest BCUT2D eigenvalue weighted by atomic mass is 16.5. The van der Waals surface area contributed by atoms with Crippen molar-refractivity contribution in [2.75, 3.05) is 19.8 Å². The summed E-state index contributed by atoms with van der Waals surface area (Å²) in [5, 5.41) is 3.48. The van der Waals surface area contributed by atoms with Crippen molar-refractivity contribution in [3.05, 3.63) is 66.2 Å². The number of unbranched alkanes of at least 4 members (excludes halogenated alkanes) is 3. The van der Waals surface area contributed by atoms with Crippen LogP contribution in [-0.2, 0) is 9.53 Å². The third-order valence-electron chi connectivity index (χ3n) is 4.50. The minimum Gasteiger partial charge on any atom is -0.494 e. The molecule has 0 aromatic heterocycles. The number of carbonyl (C=O) groups is 2. The fourth-order valence-electron chi connectivity index (χ4n) is 2.89. The van der Waals surface area contributed by atoms with Gasteiger partial charge in [0.15, 0.2) is 0 Å². The number of nitrogens with two attached hydrogens (primary N) is 1. The van der Waals surface area contributed by atoms with E-state index >= 15 is 0 Å². The molecule has 0 unspecified atom stereocenters. The van der Waals surface area contributed by atoms with Crippen LogP contribution < -0.4 is 20.1 Å². The highest BCUT2D eigenvalue weighted by Gasteiger charge is 2.15. The van der Waals surface area contributed by atoms with Gasteiger partial charge in [-0.25, -0.2) is 9.59 Å². The molecule has 2 aromatic rings. The molecule has 2 rings (SSSR count). The predicted molar refractivity (Wildman–Crippen MR) is 126 cm³/mol. The third-order valence-corrected chi connectivity index (χ3v) is 4.50. The Bertz CT molecular complexity index is 940. The molecule has 0 amide bonds. The Morgan fingerprint density at radius 1 is 0.970 bits per heavy atom. The van der Waals surface area contributed by atoms with Gasteiger partial charge in [-0.2, -0.15) is 5.10 Å². The number of hydrogen-bond donors (Lipinski definition) is 1. The van der Waals surface area contributed by atoms with Crippen molar-refractivity contribution in [2.24, 2.45) is 10.9 Å². The molecule has 0 aliphatic carbocycles. The van der Waals surface area contributed by atoms with Crippen molar-refractivity contribution in [2.45, 2.75) is 32.6 Å². The first-order valence-corrected chi connectivity index (χ1v) is 10.8. The standard InChI is InChI=1S/C25H30N2O6/c1-3-24(28)32-16-8-6-5-7-15-31-20-10-12-21(13-11-20)33-25(29)22-14-9-19(18-27-26)17-23(22)30-4-2/h3,9-14,17-18H,1,4-8,15-16,26H2,2H3/b27-18+. The van der Waals surface area contributed by atoms with Gasteiger partial charge in [0.1, 0.15) is 22.8 Å². The number of hydrazone groups is 1. The number of esters is 2. The Morgan fingerprint density at radius 3 is 2.33 bits per heavy atom. The van der Waals surface area contributed by atoms with E-state index in [2.05, 4.69) is 11.7 Å². The molecule has 0 saturated heterocycles. The van der Waals surface area contributed by atoms with Gasteiger partial charge in [-0.15, -0.1) is 0 Å². The van der Waals surface area contributed by atoms with Gasteiger partial charge >= 0.3 is 11.9 Å². The SMILES string of the molecule is C=CC(=O)OCCCCCCOc1ccc(OC(=O)c2ccc(/C=N/N)cc2OCC)cc1. The van der Waals surface area contributed by atoms with Crippen LogP contribution in [0, 0.1) is 0 Å². The summed E-state index contributed by atoms with van der Waals surface area (Å²) in [7, 11) is 0. The molecule has 0 aliphatic heterocycles. The molecule has 0 heterocycles. The Morgan fingerprint density at radius 2 is 1.67 bits per heavy atom. The van der Waals surface area contributed by atoms with Crippen LogP contribution in [0.4, 0.5) is 0 Å². The fourth-order valence-corrected chi connectivity index (χ4v) is 2.89. The van der Waals surface area contributed by atoms with Crippen LogP contribution in [0.3, 0.4) is 0 Å². The van der Waals surface area contributed by atoms with Gasteiger partial charge in [-0.3, -0.25) is 0 Å². The summed E-state index contributed by atoms with van der Waals surface area (Å²) in [5.41, 5.74) is 1.03. The monoisotopic (exact) mass is 454 g/mol. The van der Waals surface area contributed by atoms with E-state index in [4.69, 9.17) is 24.8 Å². The van der Waals surface area contributed by atoms with E-state index in [1.165, 1.54) is 6.21 Å². The number of carbonyl (C=O) groups excluding carboxylic acids is 2. The van der Waals surface area contributed by atoms with Crippen LogP contribution in [0.1, 0.15) is 48.5 Å². The molecule has 2 aromatic carbocycles. The van der Waals surface area contributed by atoms with Crippen LogP contribution in [0.5, 0.6) is 17.2 Å². The smallest absolute Gasteiger partial charge is 0.347 e. The van der Waals surface area contributed by atoms with Crippen LogP contribution in [0.15, 0.2) is 60.2 Å². The zero-order valence-corrected chi connectivity index (χ0v) is 18.8. The second kappa shape index (κ2) is 14.3. The summed E-state index contributed by atoms with van der Waals surface area (Å²) >= 11 is 0. The topological polar surface area (TPSA) is 109 Å². The summed E-state index contributed by atoms with van der Waals surface area (Å²) in [6.07, 6.45) is 6.25. The minimum atomic E-state index is -0.526. The first-order chi connectivity index (χ1) is 16.1. The van der Waals surface area contributed by atoms with E-state index < -0.39 is 11.9 Å². The molecule has 0 bridgehead atoms. The molecule has 0 atom stereocenters. The van der Waals surface area contributed by atoms with E-state index in [1.807, 2.05) is 6.92 Å². The molecule has 176 valence electrons. The third kappa shape index (κ3) is 9.06. The number of nitrogens with zero attached hydrogens (tertiary/aromatic N) is 1. The lowest BCUT2D eigenvalue weighted by Gasteiger charge is -2.11. The lowest BCUT2D eigenvalue weighted by atomic mass is 10.1. The lowest BCUT2D eigenvalue weighted by Crippen LogP contribution is -2.11. The van der Waals surface area contributed by atoms with Crippen LogP contribution in [0.25, 0.3) is 0 Å². The van der Waals surface area contributed by atoms with Crippen molar-refractivity contribution < 1.29 is 28.5 Å². The average molecular weight is 455 g/mol. The second-order valence-corrected chi connectivity index (χ2v) is 6.96. The highest BCUT2D eigenvalue weighted by Crippen LogP contribution is 2.24. The Labute approximate surface area is 194 Å². The van der Waals surface area contributed by atoms with Crippen molar-refractivity contribution in [1.82, 2.24) is 0 Å². The quantitative estimate of drug-likeness (QED) is 0.0863. The van der Waals surface area contributed by atoms with Gasteiger partial charge in [0, 0.05) is 6.08 Å². The Balaban J connectivity index is 1.78. The van der Waals surface area contributed by atoms with Crippen molar-refractivity contribution >= 4 is 18.2 Å². The molecule has 0 radical (unpaired) electrons. The Hall–Kier alpha value is -3.81. The maximum atomic E-state index is 12.6. The normalized spacial score (nSPS) is 10.6. The van der Waals surface area contributed by atoms with Gasteiger partial charge in [0.2, 0.25) is 0 Å². The molecule has 8 nitrogen and oxygen atoms in total. The van der Waals surface area contributed by atoms with E-state index in [0.717, 1.165) is 37.3 Å². The van der Waals surface area contributed by atoms with E-state index in [0.29, 0.717) is 42.6 Å². The molecule has 2 N–H and O–H groups in total. The van der Waals surface area contributed by atoms with Crippen molar-refractivity contribution in [1.29, 1.82) is 0 Å². The highest BCUT2D eigenvalue weighted by molar-refractivity contribution is 5.95. The molecule has 8 heteroatoms. The van der Waals surface area contributed by atoms with Gasteiger partial charge in [0.25, 0.3) is 0 Å². The predicted octanol–water partition coefficient (Wildman–Crippen LogP) is 4.27. The number of benzene rings is 2. The molecule has 0 saturated carbocycles. The number of ether oxygens (including phenoxy) is 4. The lowest BCUT2D eigenvalue weighted by molar-refractivity contribution is -0.137. The summed E-state index contributed by atoms with van der Waals surface area (Å²) in [6.45, 7) is 6.56. The van der Waals surface area contributed by atoms with E-state index in [1.54, 1.807) is 42.5 Å². The largest absolute Gasteiger partial charge is 0.494 e. The molecule has 0 fully saturated rings. The summed E-state index contributed by atoms with van der Waals surface area (Å²) < 4.78 is 21.7. The summed E-state index contributed by atoms with van der Waals surface area (Å²) in [5.74, 6) is 5.76. The zero-order valence-electron chi connectivity index (χ0n) is 18.8. The minimum absolute atomic E-state index is 0.311. The number of rotatable bonds is 14. The van der Waals surface area contributed by atoms with Crippen molar-refractivity contribution in [3.63, 3.8) is 0 Å². The summed E-state index contributed by atoms with van der Waals surface area (Å²) in [6, 6.07) is 11.9. The van der Waals surface area contributed by atoms with Gasteiger partial charge < -0.3 is 24.8 Å². The first kappa shape index (κ1) is 25.5. The summed E-state index contributed by atoms with van der Waals surface area (Å²) in [4.78, 5) is 23.5. The van der Waals surface area contributed by atoms with Crippen LogP contribution in [0.2, 0.25) is 0 Å². The number of hydrogen-bond acceptors (Lipinski definition) is 8. The van der Waals surface area contributed by atoms with Gasteiger partial charge in [0.05, 0.1) is 26.0 Å². The molecule has 33 heavy (non-hydrogen) atoms.